The number of benzene rings is 1. The third-order valence-corrected chi connectivity index (χ3v) is 4.43. The molecule has 0 spiro atoms. The summed E-state index contributed by atoms with van der Waals surface area (Å²) in [5.74, 6) is 0.675. The number of nitrogens with zero attached hydrogens (tertiary/aromatic N) is 4. The van der Waals surface area contributed by atoms with E-state index in [2.05, 4.69) is 20.0 Å². The lowest BCUT2D eigenvalue weighted by Gasteiger charge is -2.35. The average Bonchev–Trinajstić information content (AvgIpc) is 2.64. The van der Waals surface area contributed by atoms with Crippen LogP contribution in [0, 0.1) is 10.7 Å². The van der Waals surface area contributed by atoms with Gasteiger partial charge in [0.2, 0.25) is 0 Å². The minimum atomic E-state index is -0.491. The summed E-state index contributed by atoms with van der Waals surface area (Å²) in [6.07, 6.45) is 2.41. The van der Waals surface area contributed by atoms with Crippen molar-refractivity contribution in [3.05, 3.63) is 64.9 Å². The Kier molecular flexibility index (Phi) is 5.48. The Morgan fingerprint density at radius 2 is 1.96 bits per heavy atom. The lowest BCUT2D eigenvalue weighted by molar-refractivity contribution is 0.248. The van der Waals surface area contributed by atoms with Crippen LogP contribution in [0.2, 0.25) is 0 Å². The molecule has 0 radical (unpaired) electrons. The number of nitroso groups, excluding NO2 is 1. The molecule has 3 rings (SSSR count). The van der Waals surface area contributed by atoms with Gasteiger partial charge in [-0.2, -0.15) is 4.91 Å². The van der Waals surface area contributed by atoms with Gasteiger partial charge in [0.05, 0.1) is 0 Å². The first-order chi connectivity index (χ1) is 11.8. The van der Waals surface area contributed by atoms with E-state index in [9.17, 15) is 9.30 Å². The van der Waals surface area contributed by atoms with E-state index in [0.29, 0.717) is 12.0 Å². The number of anilines is 1. The SMILES string of the molecule is O=NC(CCN1CCN(c2ccccn2)CC1)c1cccc(F)c1. The zero-order valence-corrected chi connectivity index (χ0v) is 13.5. The highest BCUT2D eigenvalue weighted by atomic mass is 19.1. The second kappa shape index (κ2) is 7.97. The van der Waals surface area contributed by atoms with Crippen molar-refractivity contribution < 1.29 is 4.39 Å². The fourth-order valence-electron chi connectivity index (χ4n) is 3.04. The molecule has 1 fully saturated rings. The van der Waals surface area contributed by atoms with E-state index in [-0.39, 0.29) is 5.82 Å². The predicted molar refractivity (Wildman–Crippen MR) is 92.4 cm³/mol. The van der Waals surface area contributed by atoms with Crippen molar-refractivity contribution in [3.8, 4) is 0 Å². The molecular formula is C18H21FN4O. The minimum absolute atomic E-state index is 0.329. The molecule has 1 atom stereocenters. The van der Waals surface area contributed by atoms with Crippen molar-refractivity contribution in [1.82, 2.24) is 9.88 Å². The second-order valence-corrected chi connectivity index (χ2v) is 5.98. The number of hydrogen-bond donors (Lipinski definition) is 0. The molecule has 24 heavy (non-hydrogen) atoms. The number of rotatable bonds is 6. The van der Waals surface area contributed by atoms with Crippen LogP contribution in [-0.2, 0) is 0 Å². The molecule has 0 amide bonds. The van der Waals surface area contributed by atoms with Crippen LogP contribution in [0.3, 0.4) is 0 Å². The van der Waals surface area contributed by atoms with Crippen LogP contribution < -0.4 is 4.90 Å². The Morgan fingerprint density at radius 1 is 1.12 bits per heavy atom. The van der Waals surface area contributed by atoms with Crippen molar-refractivity contribution in [2.75, 3.05) is 37.6 Å². The Morgan fingerprint density at radius 3 is 2.62 bits per heavy atom. The molecule has 2 aromatic rings. The first-order valence-corrected chi connectivity index (χ1v) is 8.22. The van der Waals surface area contributed by atoms with E-state index in [1.165, 1.54) is 12.1 Å². The van der Waals surface area contributed by atoms with E-state index < -0.39 is 6.04 Å². The molecule has 0 N–H and O–H groups in total. The highest BCUT2D eigenvalue weighted by molar-refractivity contribution is 5.38. The van der Waals surface area contributed by atoms with Crippen LogP contribution in [-0.4, -0.2) is 42.6 Å². The van der Waals surface area contributed by atoms with Gasteiger partial charge in [0.25, 0.3) is 0 Å². The molecule has 1 aliphatic rings. The normalized spacial score (nSPS) is 16.8. The van der Waals surface area contributed by atoms with E-state index in [0.717, 1.165) is 38.5 Å². The monoisotopic (exact) mass is 328 g/mol. The van der Waals surface area contributed by atoms with Crippen LogP contribution in [0.15, 0.2) is 53.8 Å². The predicted octanol–water partition coefficient (Wildman–Crippen LogP) is 3.24. The summed E-state index contributed by atoms with van der Waals surface area (Å²) < 4.78 is 13.3. The Balaban J connectivity index is 1.50. The summed E-state index contributed by atoms with van der Waals surface area (Å²) in [7, 11) is 0. The summed E-state index contributed by atoms with van der Waals surface area (Å²) in [6.45, 7) is 4.45. The fraction of sp³-hybridized carbons (Fsp3) is 0.389. The van der Waals surface area contributed by atoms with Gasteiger partial charge < -0.3 is 4.90 Å². The van der Waals surface area contributed by atoms with E-state index in [4.69, 9.17) is 0 Å². The maximum absolute atomic E-state index is 13.3. The second-order valence-electron chi connectivity index (χ2n) is 5.98. The third kappa shape index (κ3) is 4.14. The molecule has 1 aromatic heterocycles. The zero-order chi connectivity index (χ0) is 16.8. The highest BCUT2D eigenvalue weighted by Crippen LogP contribution is 2.22. The van der Waals surface area contributed by atoms with Gasteiger partial charge in [-0.3, -0.25) is 4.90 Å². The van der Waals surface area contributed by atoms with Crippen LogP contribution >= 0.6 is 0 Å². The van der Waals surface area contributed by atoms with Crippen molar-refractivity contribution >= 4 is 5.82 Å². The van der Waals surface area contributed by atoms with Crippen molar-refractivity contribution in [2.24, 2.45) is 5.18 Å². The minimum Gasteiger partial charge on any atom is -0.354 e. The molecule has 126 valence electrons. The molecule has 2 heterocycles. The summed E-state index contributed by atoms with van der Waals surface area (Å²) in [6, 6.07) is 11.6. The van der Waals surface area contributed by atoms with E-state index in [1.54, 1.807) is 18.3 Å². The third-order valence-electron chi connectivity index (χ3n) is 4.43. The fourth-order valence-corrected chi connectivity index (χ4v) is 3.04. The maximum atomic E-state index is 13.3. The van der Waals surface area contributed by atoms with Crippen LogP contribution in [0.1, 0.15) is 18.0 Å². The molecule has 1 unspecified atom stereocenters. The number of piperazine rings is 1. The van der Waals surface area contributed by atoms with Crippen molar-refractivity contribution in [2.45, 2.75) is 12.5 Å². The number of aromatic nitrogens is 1. The van der Waals surface area contributed by atoms with Gasteiger partial charge in [-0.25, -0.2) is 9.37 Å². The average molecular weight is 328 g/mol. The van der Waals surface area contributed by atoms with E-state index >= 15 is 0 Å². The summed E-state index contributed by atoms with van der Waals surface area (Å²) in [4.78, 5) is 20.1. The first kappa shape index (κ1) is 16.5. The van der Waals surface area contributed by atoms with Gasteiger partial charge >= 0.3 is 0 Å². The van der Waals surface area contributed by atoms with Crippen molar-refractivity contribution in [1.29, 1.82) is 0 Å². The van der Waals surface area contributed by atoms with Crippen LogP contribution in [0.5, 0.6) is 0 Å². The quantitative estimate of drug-likeness (QED) is 0.764. The maximum Gasteiger partial charge on any atom is 0.128 e. The van der Waals surface area contributed by atoms with Gasteiger partial charge in [-0.05, 0) is 36.2 Å². The first-order valence-electron chi connectivity index (χ1n) is 8.22. The van der Waals surface area contributed by atoms with Gasteiger partial charge in [-0.15, -0.1) is 0 Å². The van der Waals surface area contributed by atoms with Crippen molar-refractivity contribution in [3.63, 3.8) is 0 Å². The smallest absolute Gasteiger partial charge is 0.128 e. The van der Waals surface area contributed by atoms with Gasteiger partial charge in [0, 0.05) is 38.9 Å². The van der Waals surface area contributed by atoms with Gasteiger partial charge in [0.1, 0.15) is 17.7 Å². The number of halogens is 1. The molecule has 1 aromatic carbocycles. The highest BCUT2D eigenvalue weighted by Gasteiger charge is 2.20. The zero-order valence-electron chi connectivity index (χ0n) is 13.5. The topological polar surface area (TPSA) is 48.8 Å². The molecule has 6 heteroatoms. The summed E-state index contributed by atoms with van der Waals surface area (Å²) in [5.41, 5.74) is 0.650. The van der Waals surface area contributed by atoms with Crippen LogP contribution in [0.25, 0.3) is 0 Å². The van der Waals surface area contributed by atoms with Gasteiger partial charge in [-0.1, -0.05) is 23.4 Å². The molecule has 1 aliphatic heterocycles. The molecule has 0 aliphatic carbocycles. The Labute approximate surface area is 141 Å². The van der Waals surface area contributed by atoms with Gasteiger partial charge in [0.15, 0.2) is 0 Å². The lowest BCUT2D eigenvalue weighted by atomic mass is 10.0. The molecule has 5 nitrogen and oxygen atoms in total. The molecule has 0 saturated carbocycles. The Bertz CT molecular complexity index is 659. The van der Waals surface area contributed by atoms with Crippen LogP contribution in [0.4, 0.5) is 10.2 Å². The largest absolute Gasteiger partial charge is 0.354 e. The summed E-state index contributed by atoms with van der Waals surface area (Å²) in [5, 5.41) is 3.18. The Hall–Kier alpha value is -2.34. The molecule has 0 bridgehead atoms. The summed E-state index contributed by atoms with van der Waals surface area (Å²) >= 11 is 0. The number of pyridine rings is 1. The molecule has 1 saturated heterocycles. The van der Waals surface area contributed by atoms with E-state index in [1.807, 2.05) is 18.2 Å². The lowest BCUT2D eigenvalue weighted by Crippen LogP contribution is -2.47. The standard InChI is InChI=1S/C18H21FN4O/c19-16-5-3-4-15(14-16)17(21-24)7-9-22-10-12-23(13-11-22)18-6-1-2-8-20-18/h1-6,8,14,17H,7,9-13H2. The molecular weight excluding hydrogens is 307 g/mol. The number of hydrogen-bond acceptors (Lipinski definition) is 5.